The first-order chi connectivity index (χ1) is 9.51. The molecular formula is C14H17ClN2O3. The molecular weight excluding hydrogens is 280 g/mol. The van der Waals surface area contributed by atoms with Crippen molar-refractivity contribution in [2.45, 2.75) is 32.8 Å². The summed E-state index contributed by atoms with van der Waals surface area (Å²) in [5, 5.41) is 0.0789. The smallest absolute Gasteiger partial charge is 0.343 e. The predicted molar refractivity (Wildman–Crippen MR) is 74.6 cm³/mol. The average molecular weight is 297 g/mol. The van der Waals surface area contributed by atoms with Gasteiger partial charge in [-0.15, -0.1) is 0 Å². The molecule has 2 heterocycles. The lowest BCUT2D eigenvalue weighted by Crippen LogP contribution is -2.46. The van der Waals surface area contributed by atoms with Crippen molar-refractivity contribution in [3.63, 3.8) is 0 Å². The number of esters is 1. The van der Waals surface area contributed by atoms with Crippen LogP contribution in [-0.2, 0) is 15.1 Å². The molecule has 0 saturated heterocycles. The molecule has 0 spiro atoms. The van der Waals surface area contributed by atoms with Gasteiger partial charge in [-0.2, -0.15) is 0 Å². The second kappa shape index (κ2) is 5.40. The lowest BCUT2D eigenvalue weighted by Gasteiger charge is -2.31. The van der Waals surface area contributed by atoms with Crippen LogP contribution in [0.5, 0.6) is 0 Å². The van der Waals surface area contributed by atoms with Crippen molar-refractivity contribution in [1.29, 1.82) is 0 Å². The van der Waals surface area contributed by atoms with Gasteiger partial charge in [0.1, 0.15) is 10.7 Å². The number of amides is 1. The van der Waals surface area contributed by atoms with Crippen LogP contribution in [0.1, 0.15) is 43.1 Å². The normalized spacial score (nSPS) is 20.5. The van der Waals surface area contributed by atoms with Crippen LogP contribution in [0.25, 0.3) is 0 Å². The Kier molecular flexibility index (Phi) is 3.99. The summed E-state index contributed by atoms with van der Waals surface area (Å²) >= 11 is 5.96. The van der Waals surface area contributed by atoms with Gasteiger partial charge in [-0.25, -0.2) is 9.78 Å². The Morgan fingerprint density at radius 3 is 2.60 bits per heavy atom. The Morgan fingerprint density at radius 2 is 2.05 bits per heavy atom. The number of hydrogen-bond acceptors (Lipinski definition) is 4. The number of cyclic esters (lactones) is 1. The first-order valence-corrected chi connectivity index (χ1v) is 7.07. The summed E-state index contributed by atoms with van der Waals surface area (Å²) < 4.78 is 5.44. The number of likely N-dealkylation sites (N-methyl/N-ethyl adjacent to an activating group) is 1. The number of nitrogens with zero attached hydrogens (tertiary/aromatic N) is 2. The maximum absolute atomic E-state index is 12.8. The van der Waals surface area contributed by atoms with Crippen molar-refractivity contribution < 1.29 is 14.3 Å². The highest BCUT2D eigenvalue weighted by Gasteiger charge is 2.52. The molecule has 1 atom stereocenters. The number of ether oxygens (including phenoxy) is 1. The quantitative estimate of drug-likeness (QED) is 0.632. The average Bonchev–Trinajstić information content (AvgIpc) is 2.75. The molecule has 1 aliphatic heterocycles. The van der Waals surface area contributed by atoms with E-state index in [1.54, 1.807) is 11.0 Å². The van der Waals surface area contributed by atoms with Crippen LogP contribution in [0.2, 0.25) is 5.15 Å². The molecule has 1 unspecified atom stereocenters. The monoisotopic (exact) mass is 296 g/mol. The van der Waals surface area contributed by atoms with Crippen molar-refractivity contribution in [2.24, 2.45) is 0 Å². The zero-order valence-electron chi connectivity index (χ0n) is 11.8. The summed E-state index contributed by atoms with van der Waals surface area (Å²) in [5.41, 5.74) is -0.552. The maximum Gasteiger partial charge on any atom is 0.343 e. The number of rotatable bonds is 4. The van der Waals surface area contributed by atoms with Crippen LogP contribution >= 0.6 is 11.6 Å². The SMILES string of the molecule is CCN(CC)C(=O)C1(CC)OC(=O)c2c1ccnc2Cl. The second-order valence-electron chi connectivity index (χ2n) is 4.57. The van der Waals surface area contributed by atoms with Crippen molar-refractivity contribution in [1.82, 2.24) is 9.88 Å². The van der Waals surface area contributed by atoms with Gasteiger partial charge in [0, 0.05) is 24.8 Å². The molecule has 1 aliphatic rings. The second-order valence-corrected chi connectivity index (χ2v) is 4.93. The third-order valence-electron chi connectivity index (χ3n) is 3.70. The molecule has 0 fully saturated rings. The fourth-order valence-electron chi connectivity index (χ4n) is 2.57. The first kappa shape index (κ1) is 14.8. The summed E-state index contributed by atoms with van der Waals surface area (Å²) in [6.07, 6.45) is 1.85. The number of carbonyl (C=O) groups excluding carboxylic acids is 2. The molecule has 1 aromatic rings. The van der Waals surface area contributed by atoms with Gasteiger partial charge in [0.15, 0.2) is 0 Å². The Labute approximate surface area is 122 Å². The van der Waals surface area contributed by atoms with Gasteiger partial charge in [-0.3, -0.25) is 4.79 Å². The number of pyridine rings is 1. The third kappa shape index (κ3) is 1.97. The van der Waals surface area contributed by atoms with Gasteiger partial charge in [-0.05, 0) is 26.3 Å². The zero-order valence-corrected chi connectivity index (χ0v) is 12.5. The topological polar surface area (TPSA) is 59.5 Å². The van der Waals surface area contributed by atoms with E-state index in [0.717, 1.165) is 0 Å². The number of aromatic nitrogens is 1. The minimum atomic E-state index is -1.27. The first-order valence-electron chi connectivity index (χ1n) is 6.69. The molecule has 108 valence electrons. The molecule has 0 aromatic carbocycles. The number of hydrogen-bond donors (Lipinski definition) is 0. The van der Waals surface area contributed by atoms with Crippen molar-refractivity contribution in [3.05, 3.63) is 28.5 Å². The molecule has 2 rings (SSSR count). The van der Waals surface area contributed by atoms with Gasteiger partial charge in [0.2, 0.25) is 5.60 Å². The predicted octanol–water partition coefficient (Wildman–Crippen LogP) is 2.38. The lowest BCUT2D eigenvalue weighted by molar-refractivity contribution is -0.152. The van der Waals surface area contributed by atoms with Crippen molar-refractivity contribution in [2.75, 3.05) is 13.1 Å². The van der Waals surface area contributed by atoms with E-state index in [2.05, 4.69) is 4.98 Å². The van der Waals surface area contributed by atoms with Crippen LogP contribution in [0.3, 0.4) is 0 Å². The standard InChI is InChI=1S/C14H17ClN2O3/c1-4-14(13(19)17(5-2)6-3)9-7-8-16-11(15)10(9)12(18)20-14/h7-8H,4-6H2,1-3H3. The van der Waals surface area contributed by atoms with Gasteiger partial charge in [0.25, 0.3) is 5.91 Å². The van der Waals surface area contributed by atoms with Gasteiger partial charge in [-0.1, -0.05) is 18.5 Å². The highest BCUT2D eigenvalue weighted by atomic mass is 35.5. The largest absolute Gasteiger partial charge is 0.440 e. The van der Waals surface area contributed by atoms with E-state index < -0.39 is 11.6 Å². The minimum absolute atomic E-state index is 0.0789. The zero-order chi connectivity index (χ0) is 14.9. The van der Waals surface area contributed by atoms with Crippen molar-refractivity contribution >= 4 is 23.5 Å². The van der Waals surface area contributed by atoms with E-state index in [-0.39, 0.29) is 16.6 Å². The fraction of sp³-hybridized carbons (Fsp3) is 0.500. The van der Waals surface area contributed by atoms with Crippen LogP contribution in [-0.4, -0.2) is 34.8 Å². The summed E-state index contributed by atoms with van der Waals surface area (Å²) in [4.78, 5) is 30.4. The molecule has 0 aliphatic carbocycles. The highest BCUT2D eigenvalue weighted by Crippen LogP contribution is 2.42. The van der Waals surface area contributed by atoms with Crippen molar-refractivity contribution in [3.8, 4) is 0 Å². The van der Waals surface area contributed by atoms with Crippen LogP contribution in [0, 0.1) is 0 Å². The Balaban J connectivity index is 2.58. The number of halogens is 1. The van der Waals surface area contributed by atoms with Crippen LogP contribution in [0.4, 0.5) is 0 Å². The highest BCUT2D eigenvalue weighted by molar-refractivity contribution is 6.33. The van der Waals surface area contributed by atoms with Gasteiger partial charge in [0.05, 0.1) is 0 Å². The Hall–Kier alpha value is -1.62. The van der Waals surface area contributed by atoms with Crippen LogP contribution < -0.4 is 0 Å². The Morgan fingerprint density at radius 1 is 1.40 bits per heavy atom. The molecule has 5 nitrogen and oxygen atoms in total. The van der Waals surface area contributed by atoms with Crippen LogP contribution in [0.15, 0.2) is 12.3 Å². The lowest BCUT2D eigenvalue weighted by atomic mass is 9.89. The van der Waals surface area contributed by atoms with E-state index in [1.165, 1.54) is 6.20 Å². The number of carbonyl (C=O) groups is 2. The Bertz CT molecular complexity index is 557. The van der Waals surface area contributed by atoms with E-state index in [4.69, 9.17) is 16.3 Å². The molecule has 20 heavy (non-hydrogen) atoms. The molecule has 0 bridgehead atoms. The summed E-state index contributed by atoms with van der Waals surface area (Å²) in [6, 6.07) is 1.64. The van der Waals surface area contributed by atoms with E-state index in [1.807, 2.05) is 20.8 Å². The molecule has 0 radical (unpaired) electrons. The molecule has 1 aromatic heterocycles. The third-order valence-corrected chi connectivity index (χ3v) is 3.99. The fourth-order valence-corrected chi connectivity index (χ4v) is 2.81. The van der Waals surface area contributed by atoms with Gasteiger partial charge < -0.3 is 9.64 Å². The summed E-state index contributed by atoms with van der Waals surface area (Å²) in [7, 11) is 0. The van der Waals surface area contributed by atoms with Gasteiger partial charge >= 0.3 is 5.97 Å². The minimum Gasteiger partial charge on any atom is -0.440 e. The summed E-state index contributed by atoms with van der Waals surface area (Å²) in [5.74, 6) is -0.792. The molecule has 0 saturated carbocycles. The summed E-state index contributed by atoms with van der Waals surface area (Å²) in [6.45, 7) is 6.72. The molecule has 0 N–H and O–H groups in total. The molecule has 6 heteroatoms. The van der Waals surface area contributed by atoms with E-state index in [9.17, 15) is 9.59 Å². The van der Waals surface area contributed by atoms with E-state index >= 15 is 0 Å². The molecule has 1 amide bonds. The maximum atomic E-state index is 12.8. The number of fused-ring (bicyclic) bond motifs is 1. The van der Waals surface area contributed by atoms with E-state index in [0.29, 0.717) is 25.1 Å².